The topological polar surface area (TPSA) is 53.6 Å². The van der Waals surface area contributed by atoms with Crippen LogP contribution in [-0.4, -0.2) is 24.7 Å². The minimum Gasteiger partial charge on any atom is -0.497 e. The lowest BCUT2D eigenvalue weighted by Gasteiger charge is -2.22. The van der Waals surface area contributed by atoms with E-state index in [0.29, 0.717) is 11.5 Å². The van der Waals surface area contributed by atoms with Crippen LogP contribution in [0.15, 0.2) is 42.5 Å². The Bertz CT molecular complexity index is 851. The molecule has 0 aliphatic carbocycles. The first kappa shape index (κ1) is 20.1. The second-order valence-electron chi connectivity index (χ2n) is 6.98. The van der Waals surface area contributed by atoms with Gasteiger partial charge in [-0.1, -0.05) is 25.1 Å². The zero-order valence-corrected chi connectivity index (χ0v) is 17.4. The number of methoxy groups -OCH3 is 1. The summed E-state index contributed by atoms with van der Waals surface area (Å²) in [4.78, 5) is 14.0. The van der Waals surface area contributed by atoms with Crippen molar-refractivity contribution in [1.82, 2.24) is 5.32 Å². The summed E-state index contributed by atoms with van der Waals surface area (Å²) in [5.74, 6) is 1.02. The highest BCUT2D eigenvalue weighted by Crippen LogP contribution is 2.28. The molecule has 1 aliphatic heterocycles. The molecule has 1 saturated heterocycles. The van der Waals surface area contributed by atoms with Gasteiger partial charge < -0.3 is 20.3 Å². The Balaban J connectivity index is 1.68. The first-order valence-corrected chi connectivity index (χ1v) is 10.0. The number of hydrogen-bond donors (Lipinski definition) is 2. The Morgan fingerprint density at radius 2 is 2.00 bits per heavy atom. The van der Waals surface area contributed by atoms with Crippen LogP contribution in [-0.2, 0) is 4.79 Å². The third-order valence-electron chi connectivity index (χ3n) is 5.06. The molecule has 1 amide bonds. The van der Waals surface area contributed by atoms with E-state index in [-0.39, 0.29) is 11.9 Å². The summed E-state index contributed by atoms with van der Waals surface area (Å²) in [5, 5.41) is 7.20. The lowest BCUT2D eigenvalue weighted by atomic mass is 10.0. The predicted molar refractivity (Wildman–Crippen MR) is 118 cm³/mol. The van der Waals surface area contributed by atoms with Crippen LogP contribution in [0.2, 0.25) is 0 Å². The van der Waals surface area contributed by atoms with Gasteiger partial charge in [-0.15, -0.1) is 0 Å². The van der Waals surface area contributed by atoms with E-state index >= 15 is 0 Å². The van der Waals surface area contributed by atoms with Gasteiger partial charge in [-0.2, -0.15) is 0 Å². The number of aryl methyl sites for hydroxylation is 1. The Hall–Kier alpha value is -2.60. The molecule has 0 radical (unpaired) electrons. The maximum absolute atomic E-state index is 12.1. The highest BCUT2D eigenvalue weighted by Gasteiger charge is 2.23. The summed E-state index contributed by atoms with van der Waals surface area (Å²) >= 11 is 5.53. The number of amides is 1. The molecule has 1 heterocycles. The number of benzene rings is 2. The van der Waals surface area contributed by atoms with E-state index in [1.54, 1.807) is 7.11 Å². The summed E-state index contributed by atoms with van der Waals surface area (Å²) in [7, 11) is 1.66. The molecule has 0 aromatic heterocycles. The van der Waals surface area contributed by atoms with E-state index in [9.17, 15) is 4.79 Å². The van der Waals surface area contributed by atoms with Crippen molar-refractivity contribution in [3.05, 3.63) is 53.6 Å². The van der Waals surface area contributed by atoms with Crippen molar-refractivity contribution >= 4 is 34.6 Å². The fourth-order valence-electron chi connectivity index (χ4n) is 3.46. The van der Waals surface area contributed by atoms with Crippen molar-refractivity contribution in [2.75, 3.05) is 23.9 Å². The molecule has 1 aliphatic rings. The molecular formula is C22H27N3O2S. The van der Waals surface area contributed by atoms with Crippen molar-refractivity contribution in [1.29, 1.82) is 0 Å². The first-order valence-electron chi connectivity index (χ1n) is 9.64. The monoisotopic (exact) mass is 397 g/mol. The van der Waals surface area contributed by atoms with Gasteiger partial charge in [-0.3, -0.25) is 4.79 Å². The number of hydrogen-bond acceptors (Lipinski definition) is 3. The normalized spacial score (nSPS) is 14.7. The van der Waals surface area contributed by atoms with Gasteiger partial charge in [0.1, 0.15) is 5.75 Å². The Labute approximate surface area is 172 Å². The van der Waals surface area contributed by atoms with E-state index in [2.05, 4.69) is 17.6 Å². The number of ether oxygens (including phenoxy) is 1. The third-order valence-corrected chi connectivity index (χ3v) is 5.28. The fourth-order valence-corrected chi connectivity index (χ4v) is 3.72. The van der Waals surface area contributed by atoms with Crippen molar-refractivity contribution in [2.24, 2.45) is 0 Å². The maximum atomic E-state index is 12.1. The number of thiocarbonyl (C=S) groups is 1. The van der Waals surface area contributed by atoms with Gasteiger partial charge in [0.05, 0.1) is 13.2 Å². The van der Waals surface area contributed by atoms with Crippen molar-refractivity contribution in [3.63, 3.8) is 0 Å². The van der Waals surface area contributed by atoms with E-state index < -0.39 is 0 Å². The molecular weight excluding hydrogens is 370 g/mol. The molecule has 0 spiro atoms. The molecule has 1 atom stereocenters. The van der Waals surface area contributed by atoms with Crippen LogP contribution < -0.4 is 20.3 Å². The van der Waals surface area contributed by atoms with Gasteiger partial charge >= 0.3 is 0 Å². The third kappa shape index (κ3) is 4.62. The van der Waals surface area contributed by atoms with Crippen LogP contribution in [0.4, 0.5) is 11.4 Å². The average Bonchev–Trinajstić information content (AvgIpc) is 3.13. The number of anilines is 2. The molecule has 0 bridgehead atoms. The van der Waals surface area contributed by atoms with Gasteiger partial charge in [-0.25, -0.2) is 0 Å². The number of carbonyl (C=O) groups excluding carboxylic acids is 1. The van der Waals surface area contributed by atoms with Crippen LogP contribution in [0.3, 0.4) is 0 Å². The molecule has 28 heavy (non-hydrogen) atoms. The summed E-state index contributed by atoms with van der Waals surface area (Å²) in [6.45, 7) is 4.92. The van der Waals surface area contributed by atoms with E-state index in [0.717, 1.165) is 47.6 Å². The largest absolute Gasteiger partial charge is 0.497 e. The molecule has 1 fully saturated rings. The molecule has 6 heteroatoms. The molecule has 0 saturated carbocycles. The SMILES string of the molecule is CC[C@H](NC(=S)Nc1ccc(C)c(N2CCCC2=O)c1)c1ccc(OC)cc1. The smallest absolute Gasteiger partial charge is 0.227 e. The van der Waals surface area contributed by atoms with E-state index in [1.165, 1.54) is 0 Å². The van der Waals surface area contributed by atoms with Gasteiger partial charge in [-0.05, 0) is 67.4 Å². The molecule has 0 unspecified atom stereocenters. The van der Waals surface area contributed by atoms with Crippen LogP contribution >= 0.6 is 12.2 Å². The number of nitrogens with zero attached hydrogens (tertiary/aromatic N) is 1. The molecule has 148 valence electrons. The average molecular weight is 398 g/mol. The van der Waals surface area contributed by atoms with Crippen LogP contribution in [0.5, 0.6) is 5.75 Å². The summed E-state index contributed by atoms with van der Waals surface area (Å²) in [5.41, 5.74) is 4.07. The fraction of sp³-hybridized carbons (Fsp3) is 0.364. The van der Waals surface area contributed by atoms with Gasteiger partial charge in [0.15, 0.2) is 5.11 Å². The summed E-state index contributed by atoms with van der Waals surface area (Å²) < 4.78 is 5.23. The minimum absolute atomic E-state index is 0.107. The van der Waals surface area contributed by atoms with Crippen molar-refractivity contribution < 1.29 is 9.53 Å². The van der Waals surface area contributed by atoms with Crippen molar-refractivity contribution in [3.8, 4) is 5.75 Å². The zero-order chi connectivity index (χ0) is 20.1. The molecule has 3 rings (SSSR count). The summed E-state index contributed by atoms with van der Waals surface area (Å²) in [6, 6.07) is 14.1. The predicted octanol–water partition coefficient (Wildman–Crippen LogP) is 4.57. The Morgan fingerprint density at radius 1 is 1.25 bits per heavy atom. The Kier molecular flexibility index (Phi) is 6.52. The highest BCUT2D eigenvalue weighted by molar-refractivity contribution is 7.80. The van der Waals surface area contributed by atoms with Gasteiger partial charge in [0, 0.05) is 24.3 Å². The number of carbonyl (C=O) groups is 1. The van der Waals surface area contributed by atoms with Crippen LogP contribution in [0.25, 0.3) is 0 Å². The molecule has 2 N–H and O–H groups in total. The quantitative estimate of drug-likeness (QED) is 0.700. The first-order chi connectivity index (χ1) is 13.5. The number of nitrogens with one attached hydrogen (secondary N) is 2. The molecule has 5 nitrogen and oxygen atoms in total. The summed E-state index contributed by atoms with van der Waals surface area (Å²) in [6.07, 6.45) is 2.43. The minimum atomic E-state index is 0.107. The molecule has 2 aromatic carbocycles. The van der Waals surface area contributed by atoms with Gasteiger partial charge in [0.25, 0.3) is 0 Å². The van der Waals surface area contributed by atoms with Crippen LogP contribution in [0, 0.1) is 6.92 Å². The van der Waals surface area contributed by atoms with Gasteiger partial charge in [0.2, 0.25) is 5.91 Å². The van der Waals surface area contributed by atoms with E-state index in [4.69, 9.17) is 17.0 Å². The van der Waals surface area contributed by atoms with Crippen LogP contribution in [0.1, 0.15) is 43.4 Å². The standard InChI is InChI=1S/C22H27N3O2S/c1-4-19(16-8-11-18(27-3)12-9-16)24-22(28)23-17-10-7-15(2)20(14-17)25-13-5-6-21(25)26/h7-12,14,19H,4-6,13H2,1-3H3,(H2,23,24,28)/t19-/m0/s1. The zero-order valence-electron chi connectivity index (χ0n) is 16.6. The van der Waals surface area contributed by atoms with Crippen molar-refractivity contribution in [2.45, 2.75) is 39.2 Å². The highest BCUT2D eigenvalue weighted by atomic mass is 32.1. The second-order valence-corrected chi connectivity index (χ2v) is 7.39. The van der Waals surface area contributed by atoms with E-state index in [1.807, 2.05) is 54.3 Å². The maximum Gasteiger partial charge on any atom is 0.227 e. The lowest BCUT2D eigenvalue weighted by Crippen LogP contribution is -2.32. The Morgan fingerprint density at radius 3 is 2.61 bits per heavy atom. The second kappa shape index (κ2) is 9.06. The molecule has 2 aromatic rings. The number of rotatable bonds is 6. The lowest BCUT2D eigenvalue weighted by molar-refractivity contribution is -0.117.